The molecule has 3 heteroatoms. The van der Waals surface area contributed by atoms with Crippen LogP contribution in [0.4, 0.5) is 0 Å². The van der Waals surface area contributed by atoms with Crippen molar-refractivity contribution in [2.75, 3.05) is 0 Å². The van der Waals surface area contributed by atoms with Crippen molar-refractivity contribution in [3.05, 3.63) is 51.1 Å². The SMILES string of the molecule is Cc1cc(-c2ccc(C)c(C)c2C)nc(=O)[nH]1. The van der Waals surface area contributed by atoms with Crippen molar-refractivity contribution in [3.8, 4) is 11.3 Å². The molecule has 0 atom stereocenters. The zero-order valence-corrected chi connectivity index (χ0v) is 10.6. The molecule has 0 radical (unpaired) electrons. The largest absolute Gasteiger partial charge is 0.345 e. The first-order valence-corrected chi connectivity index (χ1v) is 5.64. The van der Waals surface area contributed by atoms with Gasteiger partial charge in [0.15, 0.2) is 0 Å². The van der Waals surface area contributed by atoms with E-state index in [1.165, 1.54) is 16.7 Å². The Morgan fingerprint density at radius 2 is 1.76 bits per heavy atom. The number of aromatic nitrogens is 2. The fourth-order valence-corrected chi connectivity index (χ4v) is 1.95. The highest BCUT2D eigenvalue weighted by Crippen LogP contribution is 2.25. The van der Waals surface area contributed by atoms with E-state index in [0.29, 0.717) is 0 Å². The van der Waals surface area contributed by atoms with E-state index in [-0.39, 0.29) is 5.69 Å². The number of nitrogens with one attached hydrogen (secondary N) is 1. The lowest BCUT2D eigenvalue weighted by Gasteiger charge is -2.10. The highest BCUT2D eigenvalue weighted by molar-refractivity contribution is 5.65. The van der Waals surface area contributed by atoms with E-state index in [9.17, 15) is 4.79 Å². The molecule has 0 saturated carbocycles. The monoisotopic (exact) mass is 228 g/mol. The normalized spacial score (nSPS) is 10.6. The van der Waals surface area contributed by atoms with Crippen molar-refractivity contribution >= 4 is 0 Å². The molecule has 0 unspecified atom stereocenters. The Bertz CT molecular complexity index is 627. The first-order chi connectivity index (χ1) is 7.99. The average molecular weight is 228 g/mol. The second kappa shape index (κ2) is 4.17. The van der Waals surface area contributed by atoms with Crippen LogP contribution < -0.4 is 5.69 Å². The Morgan fingerprint density at radius 1 is 1.06 bits per heavy atom. The van der Waals surface area contributed by atoms with E-state index >= 15 is 0 Å². The summed E-state index contributed by atoms with van der Waals surface area (Å²) in [4.78, 5) is 18.1. The van der Waals surface area contributed by atoms with Gasteiger partial charge in [-0.1, -0.05) is 12.1 Å². The summed E-state index contributed by atoms with van der Waals surface area (Å²) in [6.07, 6.45) is 0. The Morgan fingerprint density at radius 3 is 2.41 bits per heavy atom. The van der Waals surface area contributed by atoms with Gasteiger partial charge in [0, 0.05) is 11.3 Å². The second-order valence-electron chi connectivity index (χ2n) is 4.43. The Labute approximate surface area is 101 Å². The second-order valence-corrected chi connectivity index (χ2v) is 4.43. The fraction of sp³-hybridized carbons (Fsp3) is 0.286. The Balaban J connectivity index is 2.69. The number of benzene rings is 1. The summed E-state index contributed by atoms with van der Waals surface area (Å²) in [5.41, 5.74) is 6.00. The molecule has 1 N–H and O–H groups in total. The van der Waals surface area contributed by atoms with Gasteiger partial charge in [-0.05, 0) is 50.5 Å². The van der Waals surface area contributed by atoms with Gasteiger partial charge in [0.25, 0.3) is 0 Å². The van der Waals surface area contributed by atoms with Gasteiger partial charge in [0.2, 0.25) is 0 Å². The molecule has 17 heavy (non-hydrogen) atoms. The third-order valence-electron chi connectivity index (χ3n) is 3.21. The van der Waals surface area contributed by atoms with Gasteiger partial charge < -0.3 is 4.98 Å². The quantitative estimate of drug-likeness (QED) is 0.815. The molecule has 1 heterocycles. The van der Waals surface area contributed by atoms with Crippen LogP contribution in [0.1, 0.15) is 22.4 Å². The van der Waals surface area contributed by atoms with Gasteiger partial charge in [-0.25, -0.2) is 4.79 Å². The summed E-state index contributed by atoms with van der Waals surface area (Å²) in [5.74, 6) is 0. The number of aryl methyl sites for hydroxylation is 2. The standard InChI is InChI=1S/C14H16N2O/c1-8-5-6-12(11(4)10(8)3)13-7-9(2)15-14(17)16-13/h5-7H,1-4H3,(H,15,16,17). The predicted octanol–water partition coefficient (Wildman–Crippen LogP) is 2.67. The highest BCUT2D eigenvalue weighted by atomic mass is 16.1. The number of nitrogens with zero attached hydrogens (tertiary/aromatic N) is 1. The third kappa shape index (κ3) is 2.13. The minimum atomic E-state index is -0.294. The third-order valence-corrected chi connectivity index (χ3v) is 3.21. The van der Waals surface area contributed by atoms with Crippen LogP contribution in [-0.4, -0.2) is 9.97 Å². The molecule has 88 valence electrons. The van der Waals surface area contributed by atoms with E-state index in [1.54, 1.807) is 0 Å². The fourth-order valence-electron chi connectivity index (χ4n) is 1.95. The molecule has 1 aromatic carbocycles. The van der Waals surface area contributed by atoms with Gasteiger partial charge in [-0.2, -0.15) is 4.98 Å². The van der Waals surface area contributed by atoms with Crippen molar-refractivity contribution in [2.24, 2.45) is 0 Å². The topological polar surface area (TPSA) is 45.8 Å². The molecule has 2 rings (SSSR count). The summed E-state index contributed by atoms with van der Waals surface area (Å²) in [6, 6.07) is 5.99. The number of hydrogen-bond acceptors (Lipinski definition) is 2. The number of hydrogen-bond donors (Lipinski definition) is 1. The van der Waals surface area contributed by atoms with Crippen LogP contribution in [0.2, 0.25) is 0 Å². The van der Waals surface area contributed by atoms with E-state index in [1.807, 2.05) is 19.1 Å². The lowest BCUT2D eigenvalue weighted by molar-refractivity contribution is 1.03. The summed E-state index contributed by atoms with van der Waals surface area (Å²) in [6.45, 7) is 8.11. The molecule has 0 bridgehead atoms. The molecule has 0 fully saturated rings. The van der Waals surface area contributed by atoms with Crippen molar-refractivity contribution in [1.82, 2.24) is 9.97 Å². The van der Waals surface area contributed by atoms with Gasteiger partial charge in [0.1, 0.15) is 0 Å². The van der Waals surface area contributed by atoms with Crippen LogP contribution in [-0.2, 0) is 0 Å². The van der Waals surface area contributed by atoms with Gasteiger partial charge >= 0.3 is 5.69 Å². The first kappa shape index (κ1) is 11.6. The maximum atomic E-state index is 11.4. The molecule has 0 aliphatic carbocycles. The zero-order valence-electron chi connectivity index (χ0n) is 10.6. The number of rotatable bonds is 1. The molecule has 0 aliphatic rings. The van der Waals surface area contributed by atoms with Crippen LogP contribution in [0.25, 0.3) is 11.3 Å². The summed E-state index contributed by atoms with van der Waals surface area (Å²) in [5, 5.41) is 0. The Kier molecular flexibility index (Phi) is 2.84. The number of aromatic amines is 1. The zero-order chi connectivity index (χ0) is 12.6. The number of H-pyrrole nitrogens is 1. The first-order valence-electron chi connectivity index (χ1n) is 5.64. The van der Waals surface area contributed by atoms with E-state index < -0.39 is 0 Å². The molecule has 0 spiro atoms. The van der Waals surface area contributed by atoms with Crippen molar-refractivity contribution in [3.63, 3.8) is 0 Å². The maximum Gasteiger partial charge on any atom is 0.345 e. The van der Waals surface area contributed by atoms with Crippen molar-refractivity contribution < 1.29 is 0 Å². The molecular weight excluding hydrogens is 212 g/mol. The maximum absolute atomic E-state index is 11.4. The smallest absolute Gasteiger partial charge is 0.310 e. The van der Waals surface area contributed by atoms with Crippen molar-refractivity contribution in [2.45, 2.75) is 27.7 Å². The molecular formula is C14H16N2O. The van der Waals surface area contributed by atoms with Crippen LogP contribution >= 0.6 is 0 Å². The lowest BCUT2D eigenvalue weighted by atomic mass is 9.97. The molecule has 2 aromatic rings. The molecule has 1 aromatic heterocycles. The minimum Gasteiger partial charge on any atom is -0.310 e. The molecule has 0 saturated heterocycles. The molecule has 0 aliphatic heterocycles. The molecule has 3 nitrogen and oxygen atoms in total. The van der Waals surface area contributed by atoms with Crippen LogP contribution in [0.5, 0.6) is 0 Å². The van der Waals surface area contributed by atoms with Gasteiger partial charge in [0.05, 0.1) is 5.69 Å². The average Bonchev–Trinajstić information content (AvgIpc) is 2.24. The summed E-state index contributed by atoms with van der Waals surface area (Å²) >= 11 is 0. The van der Waals surface area contributed by atoms with E-state index in [2.05, 4.69) is 36.8 Å². The van der Waals surface area contributed by atoms with Crippen LogP contribution in [0.3, 0.4) is 0 Å². The van der Waals surface area contributed by atoms with E-state index in [4.69, 9.17) is 0 Å². The minimum absolute atomic E-state index is 0.294. The van der Waals surface area contributed by atoms with Crippen molar-refractivity contribution in [1.29, 1.82) is 0 Å². The lowest BCUT2D eigenvalue weighted by Crippen LogP contribution is -2.12. The predicted molar refractivity (Wildman–Crippen MR) is 69.2 cm³/mol. The summed E-state index contributed by atoms with van der Waals surface area (Å²) in [7, 11) is 0. The Hall–Kier alpha value is -1.90. The molecule has 0 amide bonds. The van der Waals surface area contributed by atoms with Crippen LogP contribution in [0, 0.1) is 27.7 Å². The van der Waals surface area contributed by atoms with Gasteiger partial charge in [-0.3, -0.25) is 0 Å². The highest BCUT2D eigenvalue weighted by Gasteiger charge is 2.08. The van der Waals surface area contributed by atoms with Gasteiger partial charge in [-0.15, -0.1) is 0 Å². The summed E-state index contributed by atoms with van der Waals surface area (Å²) < 4.78 is 0. The van der Waals surface area contributed by atoms with Crippen LogP contribution in [0.15, 0.2) is 23.0 Å². The van der Waals surface area contributed by atoms with E-state index in [0.717, 1.165) is 17.0 Å².